The van der Waals surface area contributed by atoms with Gasteiger partial charge in [0.15, 0.2) is 0 Å². The molecule has 3 rings (SSSR count). The number of pyridine rings is 1. The first-order valence-electron chi connectivity index (χ1n) is 5.06. The Labute approximate surface area is 92.6 Å². The van der Waals surface area contributed by atoms with E-state index in [0.717, 1.165) is 16.6 Å². The van der Waals surface area contributed by atoms with Gasteiger partial charge >= 0.3 is 0 Å². The molecule has 1 N–H and O–H groups in total. The summed E-state index contributed by atoms with van der Waals surface area (Å²) in [6.07, 6.45) is 5.14. The van der Waals surface area contributed by atoms with E-state index in [1.165, 1.54) is 6.20 Å². The monoisotopic (exact) mass is 210 g/mol. The largest absolute Gasteiger partial charge is 0.506 e. The fourth-order valence-corrected chi connectivity index (χ4v) is 1.85. The molecule has 0 unspecified atom stereocenters. The van der Waals surface area contributed by atoms with Crippen LogP contribution in [0.1, 0.15) is 0 Å². The summed E-state index contributed by atoms with van der Waals surface area (Å²) >= 11 is 0. The molecule has 0 spiro atoms. The van der Waals surface area contributed by atoms with Gasteiger partial charge in [0.25, 0.3) is 0 Å². The van der Waals surface area contributed by atoms with Gasteiger partial charge < -0.3 is 9.67 Å². The molecule has 0 amide bonds. The van der Waals surface area contributed by atoms with E-state index in [1.54, 1.807) is 6.20 Å². The third-order valence-corrected chi connectivity index (χ3v) is 2.63. The molecule has 0 aliphatic carbocycles. The Kier molecular flexibility index (Phi) is 1.90. The molecule has 2 aromatic heterocycles. The van der Waals surface area contributed by atoms with Gasteiger partial charge in [-0.2, -0.15) is 0 Å². The Balaban J connectivity index is 2.30. The van der Waals surface area contributed by atoms with E-state index in [4.69, 9.17) is 0 Å². The minimum atomic E-state index is 0.215. The van der Waals surface area contributed by atoms with E-state index in [0.29, 0.717) is 0 Å². The number of aromatic hydroxyl groups is 1. The number of benzene rings is 1. The lowest BCUT2D eigenvalue weighted by atomic mass is 10.3. The minimum absolute atomic E-state index is 0.215. The first kappa shape index (κ1) is 8.97. The standard InChI is InChI=1S/C13H10N2O/c16-13-9-14-8-12-11(13)6-7-15(12)10-4-2-1-3-5-10/h1-9,16H. The van der Waals surface area contributed by atoms with Crippen LogP contribution in [-0.4, -0.2) is 14.7 Å². The highest BCUT2D eigenvalue weighted by Gasteiger charge is 2.05. The highest BCUT2D eigenvalue weighted by atomic mass is 16.3. The van der Waals surface area contributed by atoms with Crippen LogP contribution < -0.4 is 0 Å². The zero-order chi connectivity index (χ0) is 11.0. The van der Waals surface area contributed by atoms with E-state index >= 15 is 0 Å². The SMILES string of the molecule is Oc1cncc2c1ccn2-c1ccccc1. The normalized spacial score (nSPS) is 10.8. The fraction of sp³-hybridized carbons (Fsp3) is 0. The summed E-state index contributed by atoms with van der Waals surface area (Å²) in [7, 11) is 0. The number of hydrogen-bond acceptors (Lipinski definition) is 2. The van der Waals surface area contributed by atoms with Crippen molar-refractivity contribution in [2.75, 3.05) is 0 Å². The van der Waals surface area contributed by atoms with Crippen LogP contribution in [0.3, 0.4) is 0 Å². The molecule has 1 aromatic carbocycles. The zero-order valence-electron chi connectivity index (χ0n) is 8.54. The lowest BCUT2D eigenvalue weighted by Gasteiger charge is -2.04. The lowest BCUT2D eigenvalue weighted by molar-refractivity contribution is 0.479. The number of aromatic nitrogens is 2. The smallest absolute Gasteiger partial charge is 0.143 e. The average Bonchev–Trinajstić information content (AvgIpc) is 2.75. The third kappa shape index (κ3) is 1.26. The maximum atomic E-state index is 9.66. The van der Waals surface area contributed by atoms with Crippen molar-refractivity contribution >= 4 is 10.9 Å². The minimum Gasteiger partial charge on any atom is -0.506 e. The Morgan fingerprint density at radius 2 is 1.81 bits per heavy atom. The Morgan fingerprint density at radius 3 is 2.62 bits per heavy atom. The molecule has 0 fully saturated rings. The topological polar surface area (TPSA) is 38.1 Å². The molecule has 0 aliphatic rings. The molecule has 78 valence electrons. The van der Waals surface area contributed by atoms with Crippen LogP contribution in [-0.2, 0) is 0 Å². The van der Waals surface area contributed by atoms with Crippen LogP contribution >= 0.6 is 0 Å². The van der Waals surface area contributed by atoms with Crippen molar-refractivity contribution in [3.05, 3.63) is 55.0 Å². The van der Waals surface area contributed by atoms with Crippen LogP contribution in [0, 0.1) is 0 Å². The molecular formula is C13H10N2O. The molecule has 16 heavy (non-hydrogen) atoms. The number of para-hydroxylation sites is 1. The summed E-state index contributed by atoms with van der Waals surface area (Å²) in [6, 6.07) is 11.9. The van der Waals surface area contributed by atoms with E-state index in [2.05, 4.69) is 4.98 Å². The van der Waals surface area contributed by atoms with Crippen LogP contribution in [0.15, 0.2) is 55.0 Å². The number of hydrogen-bond donors (Lipinski definition) is 1. The summed E-state index contributed by atoms with van der Waals surface area (Å²) < 4.78 is 2.00. The second-order valence-electron chi connectivity index (χ2n) is 3.61. The second-order valence-corrected chi connectivity index (χ2v) is 3.61. The van der Waals surface area contributed by atoms with Gasteiger partial charge in [0.1, 0.15) is 5.75 Å². The first-order chi connectivity index (χ1) is 7.86. The van der Waals surface area contributed by atoms with Gasteiger partial charge in [-0.05, 0) is 18.2 Å². The molecule has 0 radical (unpaired) electrons. The van der Waals surface area contributed by atoms with Crippen LogP contribution in [0.2, 0.25) is 0 Å². The summed E-state index contributed by atoms with van der Waals surface area (Å²) in [6.45, 7) is 0. The zero-order valence-corrected chi connectivity index (χ0v) is 8.54. The van der Waals surface area contributed by atoms with Crippen LogP contribution in [0.4, 0.5) is 0 Å². The number of rotatable bonds is 1. The number of nitrogens with zero attached hydrogens (tertiary/aromatic N) is 2. The average molecular weight is 210 g/mol. The van der Waals surface area contributed by atoms with Gasteiger partial charge in [-0.25, -0.2) is 0 Å². The molecule has 0 atom stereocenters. The Morgan fingerprint density at radius 1 is 1.00 bits per heavy atom. The molecule has 0 saturated heterocycles. The van der Waals surface area contributed by atoms with Crippen LogP contribution in [0.5, 0.6) is 5.75 Å². The first-order valence-corrected chi connectivity index (χ1v) is 5.06. The maximum Gasteiger partial charge on any atom is 0.143 e. The van der Waals surface area contributed by atoms with Crippen LogP contribution in [0.25, 0.3) is 16.6 Å². The van der Waals surface area contributed by atoms with Gasteiger partial charge in [-0.1, -0.05) is 18.2 Å². The Bertz CT molecular complexity index is 629. The molecule has 0 aliphatic heterocycles. The molecule has 2 heterocycles. The van der Waals surface area contributed by atoms with Gasteiger partial charge in [0.2, 0.25) is 0 Å². The molecule has 3 nitrogen and oxygen atoms in total. The van der Waals surface area contributed by atoms with Crippen molar-refractivity contribution in [1.29, 1.82) is 0 Å². The summed E-state index contributed by atoms with van der Waals surface area (Å²) in [5, 5.41) is 10.5. The number of fused-ring (bicyclic) bond motifs is 1. The predicted octanol–water partition coefficient (Wildman–Crippen LogP) is 2.73. The molecular weight excluding hydrogens is 200 g/mol. The van der Waals surface area contributed by atoms with Crippen molar-refractivity contribution in [3.8, 4) is 11.4 Å². The van der Waals surface area contributed by atoms with Crippen molar-refractivity contribution in [2.45, 2.75) is 0 Å². The Hall–Kier alpha value is -2.29. The van der Waals surface area contributed by atoms with E-state index < -0.39 is 0 Å². The van der Waals surface area contributed by atoms with Gasteiger partial charge in [-0.15, -0.1) is 0 Å². The molecule has 0 bridgehead atoms. The van der Waals surface area contributed by atoms with Crippen molar-refractivity contribution < 1.29 is 5.11 Å². The van der Waals surface area contributed by atoms with Crippen molar-refractivity contribution in [1.82, 2.24) is 9.55 Å². The van der Waals surface area contributed by atoms with E-state index in [9.17, 15) is 5.11 Å². The summed E-state index contributed by atoms with van der Waals surface area (Å²) in [4.78, 5) is 4.00. The maximum absolute atomic E-state index is 9.66. The van der Waals surface area contributed by atoms with E-state index in [-0.39, 0.29) is 5.75 Å². The fourth-order valence-electron chi connectivity index (χ4n) is 1.85. The molecule has 0 saturated carbocycles. The molecule has 3 heteroatoms. The summed E-state index contributed by atoms with van der Waals surface area (Å²) in [5.74, 6) is 0.215. The highest BCUT2D eigenvalue weighted by Crippen LogP contribution is 2.26. The quantitative estimate of drug-likeness (QED) is 0.670. The van der Waals surface area contributed by atoms with Gasteiger partial charge in [-0.3, -0.25) is 4.98 Å². The van der Waals surface area contributed by atoms with Gasteiger partial charge in [0, 0.05) is 17.3 Å². The molecule has 3 aromatic rings. The lowest BCUT2D eigenvalue weighted by Crippen LogP contribution is -1.90. The third-order valence-electron chi connectivity index (χ3n) is 2.63. The van der Waals surface area contributed by atoms with Crippen molar-refractivity contribution in [3.63, 3.8) is 0 Å². The predicted molar refractivity (Wildman–Crippen MR) is 62.7 cm³/mol. The van der Waals surface area contributed by atoms with Crippen molar-refractivity contribution in [2.24, 2.45) is 0 Å². The van der Waals surface area contributed by atoms with Gasteiger partial charge in [0.05, 0.1) is 17.9 Å². The van der Waals surface area contributed by atoms with E-state index in [1.807, 2.05) is 47.2 Å². The second kappa shape index (κ2) is 3.38. The summed E-state index contributed by atoms with van der Waals surface area (Å²) in [5.41, 5.74) is 1.97. The highest BCUT2D eigenvalue weighted by molar-refractivity contribution is 5.86.